The predicted octanol–water partition coefficient (Wildman–Crippen LogP) is 5.20. The van der Waals surface area contributed by atoms with Gasteiger partial charge in [0.1, 0.15) is 0 Å². The molecule has 2 rings (SSSR count). The van der Waals surface area contributed by atoms with Gasteiger partial charge in [0.25, 0.3) is 0 Å². The maximum atomic E-state index is 12.2. The molecule has 2 amide bonds. The number of benzene rings is 1. The molecule has 2 aromatic rings. The molecule has 0 bridgehead atoms. The second-order valence-corrected chi connectivity index (χ2v) is 7.66. The molecule has 23 heavy (non-hydrogen) atoms. The van der Waals surface area contributed by atoms with Crippen LogP contribution in [0.2, 0.25) is 0 Å². The van der Waals surface area contributed by atoms with Crippen LogP contribution in [0.15, 0.2) is 30.3 Å². The van der Waals surface area contributed by atoms with Crippen molar-refractivity contribution in [3.63, 3.8) is 0 Å². The van der Waals surface area contributed by atoms with Crippen molar-refractivity contribution in [2.24, 2.45) is 0 Å². The van der Waals surface area contributed by atoms with E-state index in [2.05, 4.69) is 31.4 Å². The van der Waals surface area contributed by atoms with Crippen molar-refractivity contribution in [3.8, 4) is 0 Å². The van der Waals surface area contributed by atoms with Gasteiger partial charge in [0.05, 0.1) is 10.6 Å². The van der Waals surface area contributed by atoms with E-state index in [0.29, 0.717) is 16.3 Å². The molecule has 1 aromatic carbocycles. The van der Waals surface area contributed by atoms with Crippen molar-refractivity contribution < 1.29 is 9.59 Å². The Morgan fingerprint density at radius 2 is 1.65 bits per heavy atom. The molecule has 4 nitrogen and oxygen atoms in total. The van der Waals surface area contributed by atoms with Crippen LogP contribution in [0.3, 0.4) is 0 Å². The van der Waals surface area contributed by atoms with E-state index in [0.717, 1.165) is 10.4 Å². The van der Waals surface area contributed by atoms with Crippen LogP contribution in [0, 0.1) is 6.92 Å². The largest absolute Gasteiger partial charge is 0.323 e. The lowest BCUT2D eigenvalue weighted by molar-refractivity contribution is 0.102. The number of thiophene rings is 1. The van der Waals surface area contributed by atoms with Crippen LogP contribution in [0.5, 0.6) is 0 Å². The Morgan fingerprint density at radius 1 is 1.04 bits per heavy atom. The second kappa shape index (κ2) is 6.54. The number of rotatable bonds is 3. The normalized spacial score (nSPS) is 11.2. The minimum atomic E-state index is -0.352. The molecule has 0 fully saturated rings. The third kappa shape index (κ3) is 4.42. The van der Waals surface area contributed by atoms with Crippen molar-refractivity contribution >= 4 is 34.5 Å². The Hall–Kier alpha value is -2.14. The average molecular weight is 330 g/mol. The Labute approximate surface area is 140 Å². The smallest absolute Gasteiger partial charge is 0.308 e. The van der Waals surface area contributed by atoms with E-state index in [9.17, 15) is 9.59 Å². The minimum Gasteiger partial charge on any atom is -0.308 e. The monoisotopic (exact) mass is 330 g/mol. The van der Waals surface area contributed by atoms with E-state index in [1.807, 2.05) is 37.3 Å². The summed E-state index contributed by atoms with van der Waals surface area (Å²) >= 11 is 1.43. The molecule has 1 heterocycles. The molecular weight excluding hydrogens is 308 g/mol. The first-order valence-electron chi connectivity index (χ1n) is 7.47. The summed E-state index contributed by atoms with van der Waals surface area (Å²) in [7, 11) is 0. The summed E-state index contributed by atoms with van der Waals surface area (Å²) in [5.41, 5.74) is 2.34. The lowest BCUT2D eigenvalue weighted by Gasteiger charge is -2.15. The quantitative estimate of drug-likeness (QED) is 0.760. The van der Waals surface area contributed by atoms with E-state index >= 15 is 0 Å². The summed E-state index contributed by atoms with van der Waals surface area (Å²) in [6.45, 7) is 9.75. The molecule has 1 aromatic heterocycles. The topological polar surface area (TPSA) is 58.2 Å². The Bertz CT molecular complexity index is 724. The highest BCUT2D eigenvalue weighted by atomic mass is 32.1. The van der Waals surface area contributed by atoms with Gasteiger partial charge < -0.3 is 10.6 Å². The van der Waals surface area contributed by atoms with Gasteiger partial charge in [-0.3, -0.25) is 4.79 Å². The fraction of sp³-hybridized carbons (Fsp3) is 0.333. The van der Waals surface area contributed by atoms with Crippen LogP contribution in [0.1, 0.15) is 47.8 Å². The van der Waals surface area contributed by atoms with Crippen molar-refractivity contribution in [1.29, 1.82) is 0 Å². The fourth-order valence-electron chi connectivity index (χ4n) is 2.04. The molecule has 0 radical (unpaired) electrons. The van der Waals surface area contributed by atoms with Crippen LogP contribution in [0.25, 0.3) is 0 Å². The van der Waals surface area contributed by atoms with Crippen LogP contribution in [-0.2, 0) is 5.41 Å². The van der Waals surface area contributed by atoms with E-state index in [-0.39, 0.29) is 17.2 Å². The summed E-state index contributed by atoms with van der Waals surface area (Å²) < 4.78 is 0. The number of amides is 2. The fourth-order valence-corrected chi connectivity index (χ4v) is 3.10. The molecule has 0 saturated heterocycles. The second-order valence-electron chi connectivity index (χ2n) is 6.60. The average Bonchev–Trinajstić information content (AvgIpc) is 2.85. The molecule has 0 spiro atoms. The number of carbonyl (C=O) groups excluding carboxylic acids is 2. The van der Waals surface area contributed by atoms with Gasteiger partial charge in [0.15, 0.2) is 5.78 Å². The van der Waals surface area contributed by atoms with Gasteiger partial charge in [0.2, 0.25) is 0 Å². The first kappa shape index (κ1) is 17.2. The predicted molar refractivity (Wildman–Crippen MR) is 96.8 cm³/mol. The van der Waals surface area contributed by atoms with Crippen molar-refractivity contribution in [3.05, 3.63) is 45.6 Å². The van der Waals surface area contributed by atoms with Crippen molar-refractivity contribution in [2.45, 2.75) is 40.0 Å². The van der Waals surface area contributed by atoms with Crippen molar-refractivity contribution in [2.75, 3.05) is 10.6 Å². The maximum absolute atomic E-state index is 12.2. The first-order valence-corrected chi connectivity index (χ1v) is 8.28. The lowest BCUT2D eigenvalue weighted by Crippen LogP contribution is -2.20. The molecule has 5 heteroatoms. The molecule has 0 saturated carbocycles. The summed E-state index contributed by atoms with van der Waals surface area (Å²) in [6.07, 6.45) is 0. The van der Waals surface area contributed by atoms with Gasteiger partial charge in [0, 0.05) is 17.5 Å². The molecular formula is C18H22N2O2S. The SMILES string of the molecule is CC(=O)c1sc(C(C)(C)C)cc1NC(=O)Nc1ccc(C)cc1. The van der Waals surface area contributed by atoms with Crippen LogP contribution >= 0.6 is 11.3 Å². The number of anilines is 2. The highest BCUT2D eigenvalue weighted by Crippen LogP contribution is 2.35. The highest BCUT2D eigenvalue weighted by Gasteiger charge is 2.22. The molecule has 0 aliphatic carbocycles. The Kier molecular flexibility index (Phi) is 4.90. The molecule has 122 valence electrons. The zero-order chi connectivity index (χ0) is 17.2. The summed E-state index contributed by atoms with van der Waals surface area (Å²) in [5.74, 6) is -0.0452. The molecule has 0 atom stereocenters. The minimum absolute atomic E-state index is 0.0452. The van der Waals surface area contributed by atoms with Gasteiger partial charge >= 0.3 is 6.03 Å². The number of urea groups is 1. The Morgan fingerprint density at radius 3 is 2.17 bits per heavy atom. The molecule has 0 aliphatic rings. The number of hydrogen-bond acceptors (Lipinski definition) is 3. The van der Waals surface area contributed by atoms with Crippen LogP contribution in [-0.4, -0.2) is 11.8 Å². The number of carbonyl (C=O) groups is 2. The number of hydrogen-bond donors (Lipinski definition) is 2. The van der Waals surface area contributed by atoms with E-state index in [4.69, 9.17) is 0 Å². The van der Waals surface area contributed by atoms with E-state index in [1.54, 1.807) is 0 Å². The number of nitrogens with one attached hydrogen (secondary N) is 2. The van der Waals surface area contributed by atoms with Crippen molar-refractivity contribution in [1.82, 2.24) is 0 Å². The molecule has 0 unspecified atom stereocenters. The van der Waals surface area contributed by atoms with Gasteiger partial charge in [-0.2, -0.15) is 0 Å². The summed E-state index contributed by atoms with van der Waals surface area (Å²) in [4.78, 5) is 25.6. The van der Waals surface area contributed by atoms with E-state index < -0.39 is 0 Å². The number of aryl methyl sites for hydroxylation is 1. The molecule has 0 aliphatic heterocycles. The standard InChI is InChI=1S/C18H22N2O2S/c1-11-6-8-13(9-7-11)19-17(22)20-14-10-15(18(3,4)5)23-16(14)12(2)21/h6-10H,1-5H3,(H2,19,20,22). The molecule has 2 N–H and O–H groups in total. The van der Waals surface area contributed by atoms with Gasteiger partial charge in [-0.25, -0.2) is 4.79 Å². The summed E-state index contributed by atoms with van der Waals surface area (Å²) in [5, 5.41) is 5.56. The van der Waals surface area contributed by atoms with Crippen LogP contribution < -0.4 is 10.6 Å². The van der Waals surface area contributed by atoms with E-state index in [1.165, 1.54) is 18.3 Å². The zero-order valence-electron chi connectivity index (χ0n) is 14.1. The maximum Gasteiger partial charge on any atom is 0.323 e. The van der Waals surface area contributed by atoms with Gasteiger partial charge in [-0.15, -0.1) is 11.3 Å². The first-order chi connectivity index (χ1) is 10.7. The lowest BCUT2D eigenvalue weighted by atomic mass is 9.94. The highest BCUT2D eigenvalue weighted by molar-refractivity contribution is 7.14. The Balaban J connectivity index is 2.18. The summed E-state index contributed by atoms with van der Waals surface area (Å²) in [6, 6.07) is 9.08. The van der Waals surface area contributed by atoms with Gasteiger partial charge in [-0.05, 0) is 30.5 Å². The van der Waals surface area contributed by atoms with Crippen LogP contribution in [0.4, 0.5) is 16.2 Å². The van der Waals surface area contributed by atoms with Gasteiger partial charge in [-0.1, -0.05) is 38.5 Å². The number of ketones is 1. The third-order valence-corrected chi connectivity index (χ3v) is 5.01. The number of Topliss-reactive ketones (excluding diaryl/α,β-unsaturated/α-hetero) is 1. The zero-order valence-corrected chi connectivity index (χ0v) is 14.9. The third-order valence-electron chi connectivity index (χ3n) is 3.35.